The van der Waals surface area contributed by atoms with Crippen molar-refractivity contribution in [1.29, 1.82) is 0 Å². The largest absolute Gasteiger partial charge is 0.485 e. The molecular formula is C28H28FN6O8PS. The number of aromatic nitrogens is 5. The first-order chi connectivity index (χ1) is 21.3. The number of fused-ring (bicyclic) bond motifs is 2. The van der Waals surface area contributed by atoms with Crippen LogP contribution in [0.3, 0.4) is 0 Å². The van der Waals surface area contributed by atoms with Crippen molar-refractivity contribution in [2.45, 2.75) is 46.4 Å². The minimum atomic E-state index is -4.73. The Labute approximate surface area is 259 Å². The second-order valence-corrected chi connectivity index (χ2v) is 12.2. The van der Waals surface area contributed by atoms with Gasteiger partial charge in [-0.3, -0.25) is 9.42 Å². The summed E-state index contributed by atoms with van der Waals surface area (Å²) in [6.07, 6.45) is 1.71. The highest BCUT2D eigenvalue weighted by atomic mass is 32.1. The summed E-state index contributed by atoms with van der Waals surface area (Å²) in [6, 6.07) is 5.79. The summed E-state index contributed by atoms with van der Waals surface area (Å²) in [6.45, 7) is 6.85. The van der Waals surface area contributed by atoms with Crippen LogP contribution in [0.5, 0.6) is 11.6 Å². The van der Waals surface area contributed by atoms with E-state index in [0.717, 1.165) is 16.0 Å². The van der Waals surface area contributed by atoms with Crippen LogP contribution in [0.15, 0.2) is 42.9 Å². The summed E-state index contributed by atoms with van der Waals surface area (Å²) >= 11 is 1.32. The molecule has 0 saturated carbocycles. The molecule has 0 aliphatic heterocycles. The van der Waals surface area contributed by atoms with Gasteiger partial charge in [-0.05, 0) is 45.4 Å². The normalized spacial score (nSPS) is 13.1. The molecule has 3 heterocycles. The number of carboxylic acid groups (broad SMARTS) is 1. The van der Waals surface area contributed by atoms with E-state index in [1.54, 1.807) is 20.0 Å². The van der Waals surface area contributed by atoms with Gasteiger partial charge in [-0.15, -0.1) is 11.3 Å². The van der Waals surface area contributed by atoms with E-state index >= 15 is 4.39 Å². The summed E-state index contributed by atoms with van der Waals surface area (Å²) < 4.78 is 42.6. The molecule has 2 aromatic carbocycles. The van der Waals surface area contributed by atoms with Gasteiger partial charge in [0.2, 0.25) is 5.88 Å². The van der Waals surface area contributed by atoms with E-state index in [9.17, 15) is 14.5 Å². The lowest BCUT2D eigenvalue weighted by atomic mass is 10.1. The number of nitrogens with zero attached hydrogens (tertiary/aromatic N) is 6. The van der Waals surface area contributed by atoms with Gasteiger partial charge in [0.25, 0.3) is 0 Å². The quantitative estimate of drug-likeness (QED) is 0.151. The van der Waals surface area contributed by atoms with E-state index in [2.05, 4.69) is 29.4 Å². The predicted octanol–water partition coefficient (Wildman–Crippen LogP) is 5.49. The molecule has 0 saturated heterocycles. The molecule has 45 heavy (non-hydrogen) atoms. The average molecular weight is 659 g/mol. The zero-order valence-electron chi connectivity index (χ0n) is 24.4. The molecule has 2 unspecified atom stereocenters. The molecule has 0 radical (unpaired) electrons. The lowest BCUT2D eigenvalue weighted by Gasteiger charge is -2.30. The van der Waals surface area contributed by atoms with Crippen LogP contribution >= 0.6 is 19.2 Å². The Bertz CT molecular complexity index is 1920. The number of anilines is 1. The first kappa shape index (κ1) is 32.1. The number of hydrogen-bond acceptors (Lipinski definition) is 11. The maximum atomic E-state index is 15.3. The molecule has 236 valence electrons. The molecule has 17 heteroatoms. The summed E-state index contributed by atoms with van der Waals surface area (Å²) in [5.41, 5.74) is 3.44. The average Bonchev–Trinajstić information content (AvgIpc) is 3.38. The van der Waals surface area contributed by atoms with Crippen molar-refractivity contribution >= 4 is 52.2 Å². The van der Waals surface area contributed by atoms with Crippen molar-refractivity contribution in [3.05, 3.63) is 60.1 Å². The summed E-state index contributed by atoms with van der Waals surface area (Å²) in [5, 5.41) is 10.5. The molecule has 0 bridgehead atoms. The molecule has 0 spiro atoms. The van der Waals surface area contributed by atoms with Gasteiger partial charge in [0.05, 0.1) is 58.2 Å². The van der Waals surface area contributed by atoms with E-state index in [4.69, 9.17) is 19.3 Å². The lowest BCUT2D eigenvalue weighted by Crippen LogP contribution is -2.46. The SMILES string of the molecule is CCOc1cnc2c(-c3nc4cc(F)c(OC(C)C(C)N(C(=O)O)c5cnc(COP(=O)(O)O)nc5)cc4s3)cc(C)cc2n1. The first-order valence-corrected chi connectivity index (χ1v) is 15.9. The van der Waals surface area contributed by atoms with Crippen LogP contribution < -0.4 is 14.4 Å². The number of phosphoric acid groups is 1. The second-order valence-electron chi connectivity index (χ2n) is 9.93. The Balaban J connectivity index is 1.38. The summed E-state index contributed by atoms with van der Waals surface area (Å²) in [4.78, 5) is 52.4. The Morgan fingerprint density at radius 3 is 2.47 bits per heavy atom. The van der Waals surface area contributed by atoms with E-state index in [1.807, 2.05) is 26.0 Å². The molecular weight excluding hydrogens is 630 g/mol. The minimum absolute atomic E-state index is 0.0651. The number of amides is 1. The van der Waals surface area contributed by atoms with Crippen LogP contribution in [-0.2, 0) is 15.7 Å². The number of halogens is 1. The lowest BCUT2D eigenvalue weighted by molar-refractivity contribution is 0.167. The Hall–Kier alpha value is -4.34. The van der Waals surface area contributed by atoms with Crippen molar-refractivity contribution in [2.24, 2.45) is 0 Å². The van der Waals surface area contributed by atoms with Gasteiger partial charge in [0.15, 0.2) is 17.4 Å². The van der Waals surface area contributed by atoms with Crippen LogP contribution in [0.1, 0.15) is 32.2 Å². The molecule has 5 rings (SSSR count). The maximum Gasteiger partial charge on any atom is 0.470 e. The van der Waals surface area contributed by atoms with Crippen molar-refractivity contribution < 1.29 is 42.6 Å². The fourth-order valence-corrected chi connectivity index (χ4v) is 5.76. The molecule has 0 aliphatic carbocycles. The van der Waals surface area contributed by atoms with E-state index in [1.165, 1.54) is 35.9 Å². The van der Waals surface area contributed by atoms with Crippen LogP contribution in [-0.4, -0.2) is 64.7 Å². The van der Waals surface area contributed by atoms with Gasteiger partial charge in [-0.1, -0.05) is 0 Å². The number of hydrogen-bond donors (Lipinski definition) is 3. The maximum absolute atomic E-state index is 15.3. The van der Waals surface area contributed by atoms with Gasteiger partial charge in [-0.25, -0.2) is 38.7 Å². The third-order valence-electron chi connectivity index (χ3n) is 6.67. The van der Waals surface area contributed by atoms with Crippen LogP contribution in [0.2, 0.25) is 0 Å². The second kappa shape index (κ2) is 12.9. The van der Waals surface area contributed by atoms with E-state index in [0.29, 0.717) is 38.7 Å². The standard InChI is InChI=1S/C28H28FN6O8PS/c1-5-41-25-12-32-26-18(6-14(2)7-21(26)33-25)27-34-20-8-19(29)22(9-23(20)45-27)43-16(4)15(3)35(28(36)37)17-10-30-24(31-11-17)13-42-44(38,39)40/h6-12,15-16H,5,13H2,1-4H3,(H,36,37)(H2,38,39,40). The molecule has 0 fully saturated rings. The highest BCUT2D eigenvalue weighted by Gasteiger charge is 2.29. The monoisotopic (exact) mass is 658 g/mol. The van der Waals surface area contributed by atoms with Crippen molar-refractivity contribution in [3.63, 3.8) is 0 Å². The number of ether oxygens (including phenoxy) is 2. The smallest absolute Gasteiger partial charge is 0.470 e. The van der Waals surface area contributed by atoms with Crippen LogP contribution in [0.25, 0.3) is 31.8 Å². The molecule has 0 aliphatic rings. The Morgan fingerprint density at radius 1 is 1.07 bits per heavy atom. The first-order valence-electron chi connectivity index (χ1n) is 13.5. The van der Waals surface area contributed by atoms with Gasteiger partial charge in [0.1, 0.15) is 17.7 Å². The Kier molecular flexibility index (Phi) is 9.23. The van der Waals surface area contributed by atoms with Gasteiger partial charge >= 0.3 is 13.9 Å². The highest BCUT2D eigenvalue weighted by molar-refractivity contribution is 7.46. The molecule has 2 atom stereocenters. The summed E-state index contributed by atoms with van der Waals surface area (Å²) in [5.74, 6) is -0.409. The van der Waals surface area contributed by atoms with Gasteiger partial charge in [0, 0.05) is 17.7 Å². The third kappa shape index (κ3) is 7.32. The molecule has 5 aromatic rings. The number of benzene rings is 2. The zero-order chi connectivity index (χ0) is 32.5. The van der Waals surface area contributed by atoms with Gasteiger partial charge in [-0.2, -0.15) is 0 Å². The third-order valence-corrected chi connectivity index (χ3v) is 8.19. The fourth-order valence-electron chi connectivity index (χ4n) is 4.48. The fraction of sp³-hybridized carbons (Fsp3) is 0.286. The van der Waals surface area contributed by atoms with Crippen molar-refractivity contribution in [2.75, 3.05) is 11.5 Å². The van der Waals surface area contributed by atoms with Crippen molar-refractivity contribution in [3.8, 4) is 22.2 Å². The summed E-state index contributed by atoms with van der Waals surface area (Å²) in [7, 11) is -4.73. The number of phosphoric ester groups is 1. The molecule has 3 aromatic heterocycles. The molecule has 14 nitrogen and oxygen atoms in total. The number of carbonyl (C=O) groups is 1. The predicted molar refractivity (Wildman–Crippen MR) is 163 cm³/mol. The van der Waals surface area contributed by atoms with Crippen molar-refractivity contribution in [1.82, 2.24) is 24.9 Å². The van der Waals surface area contributed by atoms with Crippen LogP contribution in [0.4, 0.5) is 14.9 Å². The van der Waals surface area contributed by atoms with Crippen LogP contribution in [0, 0.1) is 12.7 Å². The van der Waals surface area contributed by atoms with Gasteiger partial charge < -0.3 is 24.4 Å². The zero-order valence-corrected chi connectivity index (χ0v) is 26.1. The number of aryl methyl sites for hydroxylation is 1. The molecule has 3 N–H and O–H groups in total. The number of thiazole rings is 1. The van der Waals surface area contributed by atoms with E-state index in [-0.39, 0.29) is 17.3 Å². The Morgan fingerprint density at radius 2 is 1.80 bits per heavy atom. The highest BCUT2D eigenvalue weighted by Crippen LogP contribution is 2.38. The van der Waals surface area contributed by atoms with E-state index < -0.39 is 38.5 Å². The minimum Gasteiger partial charge on any atom is -0.485 e. The number of rotatable bonds is 11. The topological polar surface area (TPSA) is 190 Å². The molecule has 1 amide bonds.